The maximum Gasteiger partial charge on any atom is 0.213 e. The van der Waals surface area contributed by atoms with Gasteiger partial charge < -0.3 is 10.1 Å². The highest BCUT2D eigenvalue weighted by Gasteiger charge is 2.12. The number of aromatic nitrogens is 1. The Balaban J connectivity index is 1.60. The van der Waals surface area contributed by atoms with Crippen LogP contribution in [0, 0.1) is 5.92 Å². The molecule has 0 saturated carbocycles. The molecule has 0 spiro atoms. The van der Waals surface area contributed by atoms with Crippen molar-refractivity contribution in [3.8, 4) is 5.88 Å². The smallest absolute Gasteiger partial charge is 0.213 e. The summed E-state index contributed by atoms with van der Waals surface area (Å²) in [6, 6.07) is 3.85. The number of rotatable bonds is 5. The number of halogens is 1. The summed E-state index contributed by atoms with van der Waals surface area (Å²) in [7, 11) is 0. The minimum absolute atomic E-state index is 0.718. The lowest BCUT2D eigenvalue weighted by Gasteiger charge is -2.22. The molecule has 1 saturated heterocycles. The fourth-order valence-electron chi connectivity index (χ4n) is 2.17. The van der Waals surface area contributed by atoms with Crippen LogP contribution in [0.2, 0.25) is 0 Å². The van der Waals surface area contributed by atoms with Crippen LogP contribution in [0.3, 0.4) is 0 Å². The predicted octanol–water partition coefficient (Wildman–Crippen LogP) is 3.00. The molecule has 2 rings (SSSR count). The minimum Gasteiger partial charge on any atom is -0.478 e. The molecule has 94 valence electrons. The molecular weight excluding hydrogens is 280 g/mol. The van der Waals surface area contributed by atoms with Gasteiger partial charge in [0, 0.05) is 16.7 Å². The monoisotopic (exact) mass is 298 g/mol. The molecule has 3 nitrogen and oxygen atoms in total. The Hall–Kier alpha value is -0.610. The number of nitrogens with zero attached hydrogens (tertiary/aromatic N) is 1. The summed E-state index contributed by atoms with van der Waals surface area (Å²) >= 11 is 3.35. The van der Waals surface area contributed by atoms with Gasteiger partial charge >= 0.3 is 0 Å². The van der Waals surface area contributed by atoms with E-state index in [0.29, 0.717) is 0 Å². The van der Waals surface area contributed by atoms with Crippen LogP contribution in [-0.4, -0.2) is 24.7 Å². The first kappa shape index (κ1) is 12.8. The molecule has 1 aliphatic rings. The molecule has 4 heteroatoms. The van der Waals surface area contributed by atoms with Crippen LogP contribution in [0.4, 0.5) is 0 Å². The van der Waals surface area contributed by atoms with Crippen molar-refractivity contribution in [2.45, 2.75) is 25.7 Å². The summed E-state index contributed by atoms with van der Waals surface area (Å²) in [5, 5.41) is 3.44. The number of piperidine rings is 1. The van der Waals surface area contributed by atoms with Crippen LogP contribution in [0.15, 0.2) is 22.8 Å². The second-order valence-corrected chi connectivity index (χ2v) is 5.43. The van der Waals surface area contributed by atoms with Crippen molar-refractivity contribution in [1.29, 1.82) is 0 Å². The van der Waals surface area contributed by atoms with Gasteiger partial charge in [0.05, 0.1) is 6.61 Å². The Labute approximate surface area is 111 Å². The van der Waals surface area contributed by atoms with Crippen molar-refractivity contribution in [3.05, 3.63) is 22.8 Å². The van der Waals surface area contributed by atoms with Crippen molar-refractivity contribution in [2.24, 2.45) is 5.92 Å². The molecule has 1 fully saturated rings. The van der Waals surface area contributed by atoms with Gasteiger partial charge in [-0.2, -0.15) is 0 Å². The third-order valence-electron chi connectivity index (χ3n) is 3.11. The lowest BCUT2D eigenvalue weighted by atomic mass is 9.95. The normalized spacial score (nSPS) is 20.2. The van der Waals surface area contributed by atoms with Crippen LogP contribution >= 0.6 is 15.9 Å². The van der Waals surface area contributed by atoms with Crippen LogP contribution in [0.1, 0.15) is 25.7 Å². The zero-order valence-corrected chi connectivity index (χ0v) is 11.6. The van der Waals surface area contributed by atoms with Crippen LogP contribution in [0.25, 0.3) is 0 Å². The van der Waals surface area contributed by atoms with Crippen molar-refractivity contribution in [1.82, 2.24) is 10.3 Å². The van der Waals surface area contributed by atoms with Gasteiger partial charge in [-0.05, 0) is 66.7 Å². The number of hydrogen-bond donors (Lipinski definition) is 1. The van der Waals surface area contributed by atoms with E-state index >= 15 is 0 Å². The Kier molecular flexibility index (Phi) is 5.26. The summed E-state index contributed by atoms with van der Waals surface area (Å²) in [5.74, 6) is 1.56. The quantitative estimate of drug-likeness (QED) is 0.849. The van der Waals surface area contributed by atoms with Gasteiger partial charge in [-0.25, -0.2) is 4.98 Å². The van der Waals surface area contributed by atoms with E-state index in [2.05, 4.69) is 26.2 Å². The van der Waals surface area contributed by atoms with Gasteiger partial charge in [-0.1, -0.05) is 0 Å². The van der Waals surface area contributed by atoms with E-state index in [1.807, 2.05) is 12.1 Å². The van der Waals surface area contributed by atoms with E-state index in [9.17, 15) is 0 Å². The predicted molar refractivity (Wildman–Crippen MR) is 72.3 cm³/mol. The molecular formula is C13H19BrN2O. The summed E-state index contributed by atoms with van der Waals surface area (Å²) < 4.78 is 6.58. The van der Waals surface area contributed by atoms with Crippen LogP contribution < -0.4 is 10.1 Å². The Morgan fingerprint density at radius 2 is 2.41 bits per heavy atom. The molecule has 0 radical (unpaired) electrons. The average molecular weight is 299 g/mol. The van der Waals surface area contributed by atoms with Gasteiger partial charge in [-0.15, -0.1) is 0 Å². The van der Waals surface area contributed by atoms with E-state index in [-0.39, 0.29) is 0 Å². The maximum absolute atomic E-state index is 5.60. The van der Waals surface area contributed by atoms with Crippen molar-refractivity contribution >= 4 is 15.9 Å². The summed E-state index contributed by atoms with van der Waals surface area (Å²) in [6.07, 6.45) is 6.82. The molecule has 0 unspecified atom stereocenters. The zero-order chi connectivity index (χ0) is 11.9. The standard InChI is InChI=1S/C13H19BrN2O/c14-12-5-6-13(16-10-12)17-8-2-4-11-3-1-7-15-9-11/h5-6,10-11,15H,1-4,7-9H2/t11-/m1/s1. The molecule has 1 aliphatic heterocycles. The average Bonchev–Trinajstić information content (AvgIpc) is 2.38. The molecule has 1 aromatic heterocycles. The third kappa shape index (κ3) is 4.64. The molecule has 17 heavy (non-hydrogen) atoms. The molecule has 2 heterocycles. The van der Waals surface area contributed by atoms with E-state index in [1.54, 1.807) is 6.20 Å². The number of nitrogens with one attached hydrogen (secondary N) is 1. The largest absolute Gasteiger partial charge is 0.478 e. The van der Waals surface area contributed by atoms with Crippen LogP contribution in [-0.2, 0) is 0 Å². The molecule has 1 N–H and O–H groups in total. The van der Waals surface area contributed by atoms with E-state index < -0.39 is 0 Å². The molecule has 0 aromatic carbocycles. The first-order valence-corrected chi connectivity index (χ1v) is 7.09. The van der Waals surface area contributed by atoms with Gasteiger partial charge in [0.2, 0.25) is 5.88 Å². The second kappa shape index (κ2) is 6.97. The lowest BCUT2D eigenvalue weighted by Crippen LogP contribution is -2.29. The Bertz CT molecular complexity index is 323. The Morgan fingerprint density at radius 1 is 1.47 bits per heavy atom. The molecule has 1 aromatic rings. The summed E-state index contributed by atoms with van der Waals surface area (Å²) in [5.41, 5.74) is 0. The van der Waals surface area contributed by atoms with Gasteiger partial charge in [0.25, 0.3) is 0 Å². The SMILES string of the molecule is Brc1ccc(OCCC[C@H]2CCCNC2)nc1. The van der Waals surface area contributed by atoms with Crippen LogP contribution in [0.5, 0.6) is 5.88 Å². The van der Waals surface area contributed by atoms with Gasteiger partial charge in [-0.3, -0.25) is 0 Å². The molecule has 0 aliphatic carbocycles. The number of pyridine rings is 1. The second-order valence-electron chi connectivity index (χ2n) is 4.52. The number of ether oxygens (including phenoxy) is 1. The number of hydrogen-bond acceptors (Lipinski definition) is 3. The fourth-order valence-corrected chi connectivity index (χ4v) is 2.40. The fraction of sp³-hybridized carbons (Fsp3) is 0.615. The molecule has 1 atom stereocenters. The van der Waals surface area contributed by atoms with Crippen molar-refractivity contribution < 1.29 is 4.74 Å². The highest BCUT2D eigenvalue weighted by atomic mass is 79.9. The van der Waals surface area contributed by atoms with Gasteiger partial charge in [0.1, 0.15) is 0 Å². The third-order valence-corrected chi connectivity index (χ3v) is 3.57. The maximum atomic E-state index is 5.60. The van der Waals surface area contributed by atoms with E-state index in [0.717, 1.165) is 29.3 Å². The highest BCUT2D eigenvalue weighted by molar-refractivity contribution is 9.10. The van der Waals surface area contributed by atoms with Crippen molar-refractivity contribution in [3.63, 3.8) is 0 Å². The minimum atomic E-state index is 0.718. The highest BCUT2D eigenvalue weighted by Crippen LogP contribution is 2.16. The zero-order valence-electron chi connectivity index (χ0n) is 9.99. The topological polar surface area (TPSA) is 34.1 Å². The first-order chi connectivity index (χ1) is 8.34. The van der Waals surface area contributed by atoms with E-state index in [4.69, 9.17) is 4.74 Å². The lowest BCUT2D eigenvalue weighted by molar-refractivity contribution is 0.268. The molecule has 0 bridgehead atoms. The van der Waals surface area contributed by atoms with Crippen molar-refractivity contribution in [2.75, 3.05) is 19.7 Å². The van der Waals surface area contributed by atoms with Gasteiger partial charge in [0.15, 0.2) is 0 Å². The summed E-state index contributed by atoms with van der Waals surface area (Å²) in [6.45, 7) is 3.14. The molecule has 0 amide bonds. The summed E-state index contributed by atoms with van der Waals surface area (Å²) in [4.78, 5) is 4.18. The first-order valence-electron chi connectivity index (χ1n) is 6.29. The Morgan fingerprint density at radius 3 is 3.12 bits per heavy atom. The van der Waals surface area contributed by atoms with E-state index in [1.165, 1.54) is 32.4 Å².